The van der Waals surface area contributed by atoms with Crippen LogP contribution in [0.4, 0.5) is 9.59 Å². The van der Waals surface area contributed by atoms with Gasteiger partial charge in [0, 0.05) is 26.1 Å². The van der Waals surface area contributed by atoms with Crippen LogP contribution in [0.1, 0.15) is 80.6 Å². The first-order valence-corrected chi connectivity index (χ1v) is 11.5. The Labute approximate surface area is 197 Å². The van der Waals surface area contributed by atoms with Crippen molar-refractivity contribution in [1.82, 2.24) is 15.5 Å². The number of aliphatic carboxylic acids is 1. The molecule has 10 heteroatoms. The van der Waals surface area contributed by atoms with Gasteiger partial charge in [0.25, 0.3) is 0 Å². The average Bonchev–Trinajstić information content (AvgIpc) is 2.61. The molecule has 0 bridgehead atoms. The van der Waals surface area contributed by atoms with Crippen LogP contribution in [0, 0.1) is 5.92 Å². The first-order chi connectivity index (χ1) is 15.1. The number of carbonyl (C=O) groups excluding carboxylic acids is 3. The SMILES string of the molecule is C[C@@H](CCCCNC(=O)OC(C)(C)C)CN(CC(=O)O)C(=O)CCCNC(=O)OC(C)(C)C. The molecule has 1 atom stereocenters. The second-order valence-electron chi connectivity index (χ2n) is 10.2. The summed E-state index contributed by atoms with van der Waals surface area (Å²) in [5, 5.41) is 14.5. The molecule has 192 valence electrons. The van der Waals surface area contributed by atoms with Crippen molar-refractivity contribution in [2.45, 2.75) is 91.8 Å². The second-order valence-corrected chi connectivity index (χ2v) is 10.2. The van der Waals surface area contributed by atoms with Gasteiger partial charge in [-0.2, -0.15) is 0 Å². The van der Waals surface area contributed by atoms with Crippen molar-refractivity contribution in [3.63, 3.8) is 0 Å². The summed E-state index contributed by atoms with van der Waals surface area (Å²) >= 11 is 0. The van der Waals surface area contributed by atoms with Crippen molar-refractivity contribution in [3.05, 3.63) is 0 Å². The van der Waals surface area contributed by atoms with E-state index in [2.05, 4.69) is 10.6 Å². The van der Waals surface area contributed by atoms with E-state index in [0.717, 1.165) is 19.3 Å². The lowest BCUT2D eigenvalue weighted by Gasteiger charge is -2.25. The summed E-state index contributed by atoms with van der Waals surface area (Å²) < 4.78 is 10.3. The van der Waals surface area contributed by atoms with Crippen molar-refractivity contribution in [3.8, 4) is 0 Å². The summed E-state index contributed by atoms with van der Waals surface area (Å²) in [7, 11) is 0. The lowest BCUT2D eigenvalue weighted by Crippen LogP contribution is -2.39. The number of unbranched alkanes of at least 4 members (excludes halogenated alkanes) is 1. The minimum absolute atomic E-state index is 0.106. The van der Waals surface area contributed by atoms with Gasteiger partial charge in [-0.3, -0.25) is 9.59 Å². The van der Waals surface area contributed by atoms with E-state index < -0.39 is 29.4 Å². The average molecular weight is 474 g/mol. The monoisotopic (exact) mass is 473 g/mol. The van der Waals surface area contributed by atoms with Crippen LogP contribution >= 0.6 is 0 Å². The van der Waals surface area contributed by atoms with E-state index in [0.29, 0.717) is 19.5 Å². The van der Waals surface area contributed by atoms with Crippen LogP contribution in [-0.2, 0) is 19.1 Å². The van der Waals surface area contributed by atoms with Gasteiger partial charge in [-0.15, -0.1) is 0 Å². The van der Waals surface area contributed by atoms with Crippen molar-refractivity contribution in [2.75, 3.05) is 26.2 Å². The van der Waals surface area contributed by atoms with Crippen molar-refractivity contribution < 1.29 is 33.8 Å². The summed E-state index contributed by atoms with van der Waals surface area (Å²) in [5.74, 6) is -1.22. The molecule has 0 radical (unpaired) electrons. The number of nitrogens with zero attached hydrogens (tertiary/aromatic N) is 1. The van der Waals surface area contributed by atoms with Crippen LogP contribution in [-0.4, -0.2) is 71.5 Å². The van der Waals surface area contributed by atoms with Crippen LogP contribution in [0.15, 0.2) is 0 Å². The Morgan fingerprint density at radius 1 is 0.848 bits per heavy atom. The number of alkyl carbamates (subject to hydrolysis) is 2. The minimum atomic E-state index is -1.07. The van der Waals surface area contributed by atoms with Crippen LogP contribution in [0.3, 0.4) is 0 Å². The number of ether oxygens (including phenoxy) is 2. The first kappa shape index (κ1) is 30.5. The van der Waals surface area contributed by atoms with Gasteiger partial charge in [0.05, 0.1) is 0 Å². The van der Waals surface area contributed by atoms with Gasteiger partial charge < -0.3 is 30.1 Å². The largest absolute Gasteiger partial charge is 0.480 e. The van der Waals surface area contributed by atoms with E-state index in [9.17, 15) is 19.2 Å². The second kappa shape index (κ2) is 14.6. The molecular weight excluding hydrogens is 430 g/mol. The Morgan fingerprint density at radius 2 is 1.33 bits per heavy atom. The number of carboxylic acids is 1. The highest BCUT2D eigenvalue weighted by Crippen LogP contribution is 2.12. The fourth-order valence-electron chi connectivity index (χ4n) is 2.91. The molecule has 0 rings (SSSR count). The van der Waals surface area contributed by atoms with E-state index in [1.807, 2.05) is 6.92 Å². The Bertz CT molecular complexity index is 639. The van der Waals surface area contributed by atoms with Gasteiger partial charge in [-0.1, -0.05) is 13.3 Å². The number of amides is 3. The van der Waals surface area contributed by atoms with Crippen LogP contribution < -0.4 is 10.6 Å². The van der Waals surface area contributed by atoms with Crippen LogP contribution in [0.2, 0.25) is 0 Å². The molecule has 0 saturated heterocycles. The summed E-state index contributed by atoms with van der Waals surface area (Å²) in [5.41, 5.74) is -1.13. The highest BCUT2D eigenvalue weighted by Gasteiger charge is 2.20. The molecule has 0 aromatic carbocycles. The molecule has 0 aliphatic carbocycles. The molecule has 0 aromatic heterocycles. The highest BCUT2D eigenvalue weighted by molar-refractivity contribution is 5.81. The third-order valence-electron chi connectivity index (χ3n) is 4.24. The summed E-state index contributed by atoms with van der Waals surface area (Å²) in [6.45, 7) is 13.4. The zero-order valence-corrected chi connectivity index (χ0v) is 21.3. The Balaban J connectivity index is 4.30. The fourth-order valence-corrected chi connectivity index (χ4v) is 2.91. The maximum atomic E-state index is 12.5. The van der Waals surface area contributed by atoms with Crippen molar-refractivity contribution >= 4 is 24.1 Å². The van der Waals surface area contributed by atoms with Gasteiger partial charge in [-0.25, -0.2) is 9.59 Å². The molecule has 0 heterocycles. The number of rotatable bonds is 13. The summed E-state index contributed by atoms with van der Waals surface area (Å²) in [6.07, 6.45) is 1.90. The third-order valence-corrected chi connectivity index (χ3v) is 4.24. The highest BCUT2D eigenvalue weighted by atomic mass is 16.6. The predicted octanol–water partition coefficient (Wildman–Crippen LogP) is 3.54. The number of carboxylic acid groups (broad SMARTS) is 1. The molecule has 0 saturated carbocycles. The third kappa shape index (κ3) is 18.7. The number of carbonyl (C=O) groups is 4. The van der Waals surface area contributed by atoms with E-state index in [1.54, 1.807) is 41.5 Å². The molecule has 0 spiro atoms. The molecule has 3 N–H and O–H groups in total. The molecule has 33 heavy (non-hydrogen) atoms. The molecule has 10 nitrogen and oxygen atoms in total. The van der Waals surface area contributed by atoms with E-state index in [1.165, 1.54) is 4.90 Å². The number of nitrogens with one attached hydrogen (secondary N) is 2. The summed E-state index contributed by atoms with van der Waals surface area (Å²) in [4.78, 5) is 48.3. The topological polar surface area (TPSA) is 134 Å². The normalized spacial score (nSPS) is 12.5. The van der Waals surface area contributed by atoms with Gasteiger partial charge >= 0.3 is 18.2 Å². The zero-order valence-electron chi connectivity index (χ0n) is 21.3. The Hall–Kier alpha value is -2.52. The molecule has 0 aromatic rings. The number of hydrogen-bond acceptors (Lipinski definition) is 6. The molecule has 0 unspecified atom stereocenters. The standard InChI is InChI=1S/C23H43N3O7/c1-17(11-8-9-13-24-20(30)32-22(2,3)4)15-26(16-19(28)29)18(27)12-10-14-25-21(31)33-23(5,6)7/h17H,8-16H2,1-7H3,(H,24,30)(H,25,31)(H,28,29)/t17-/m0/s1. The maximum Gasteiger partial charge on any atom is 0.407 e. The fraction of sp³-hybridized carbons (Fsp3) is 0.826. The quantitative estimate of drug-likeness (QED) is 0.348. The first-order valence-electron chi connectivity index (χ1n) is 11.5. The lowest BCUT2D eigenvalue weighted by molar-refractivity contribution is -0.144. The number of hydrogen-bond donors (Lipinski definition) is 3. The lowest BCUT2D eigenvalue weighted by atomic mass is 10.0. The van der Waals surface area contributed by atoms with Crippen LogP contribution in [0.25, 0.3) is 0 Å². The summed E-state index contributed by atoms with van der Waals surface area (Å²) in [6, 6.07) is 0. The van der Waals surface area contributed by atoms with Crippen LogP contribution in [0.5, 0.6) is 0 Å². The zero-order chi connectivity index (χ0) is 25.7. The van der Waals surface area contributed by atoms with E-state index in [4.69, 9.17) is 14.6 Å². The molecular formula is C23H43N3O7. The van der Waals surface area contributed by atoms with E-state index in [-0.39, 0.29) is 31.3 Å². The van der Waals surface area contributed by atoms with Gasteiger partial charge in [-0.05, 0) is 66.7 Å². The Kier molecular flexibility index (Phi) is 13.5. The van der Waals surface area contributed by atoms with E-state index >= 15 is 0 Å². The molecule has 0 aliphatic rings. The van der Waals surface area contributed by atoms with Gasteiger partial charge in [0.2, 0.25) is 5.91 Å². The Morgan fingerprint density at radius 3 is 1.79 bits per heavy atom. The van der Waals surface area contributed by atoms with Crippen molar-refractivity contribution in [2.24, 2.45) is 5.92 Å². The van der Waals surface area contributed by atoms with Gasteiger partial charge in [0.1, 0.15) is 17.7 Å². The van der Waals surface area contributed by atoms with Gasteiger partial charge in [0.15, 0.2) is 0 Å². The molecule has 0 fully saturated rings. The molecule has 0 aliphatic heterocycles. The smallest absolute Gasteiger partial charge is 0.407 e. The predicted molar refractivity (Wildman–Crippen MR) is 125 cm³/mol. The van der Waals surface area contributed by atoms with Crippen molar-refractivity contribution in [1.29, 1.82) is 0 Å². The minimum Gasteiger partial charge on any atom is -0.480 e. The molecule has 3 amide bonds. The maximum absolute atomic E-state index is 12.5.